The van der Waals surface area contributed by atoms with Gasteiger partial charge < -0.3 is 10.1 Å². The molecule has 7 heteroatoms. The van der Waals surface area contributed by atoms with Crippen LogP contribution in [0.5, 0.6) is 5.75 Å². The lowest BCUT2D eigenvalue weighted by atomic mass is 10.1. The first kappa shape index (κ1) is 19.6. The molecule has 0 fully saturated rings. The van der Waals surface area contributed by atoms with Crippen LogP contribution in [-0.2, 0) is 0 Å². The summed E-state index contributed by atoms with van der Waals surface area (Å²) in [6, 6.07) is 15.2. The predicted molar refractivity (Wildman–Crippen MR) is 112 cm³/mol. The molecule has 0 unspecified atom stereocenters. The summed E-state index contributed by atoms with van der Waals surface area (Å²) in [5, 5.41) is 2.97. The first-order valence-corrected chi connectivity index (χ1v) is 9.52. The normalized spacial score (nSPS) is 12.0. The van der Waals surface area contributed by atoms with Gasteiger partial charge in [-0.25, -0.2) is 14.4 Å². The summed E-state index contributed by atoms with van der Waals surface area (Å²) in [5.74, 6) is 0.0536. The van der Waals surface area contributed by atoms with Gasteiger partial charge in [-0.05, 0) is 50.2 Å². The van der Waals surface area contributed by atoms with Crippen molar-refractivity contribution in [3.05, 3.63) is 83.7 Å². The molecule has 0 saturated carbocycles. The van der Waals surface area contributed by atoms with E-state index in [1.807, 2.05) is 44.2 Å². The molecule has 6 nitrogen and oxygen atoms in total. The highest BCUT2D eigenvalue weighted by Gasteiger charge is 2.20. The number of carbonyl (C=O) groups excluding carboxylic acids is 1. The second-order valence-corrected chi connectivity index (χ2v) is 7.01. The smallest absolute Gasteiger partial charge is 0.274 e. The SMILES string of the molecule is COc1ccccc1[C@H](C)NC(=O)c1ncn2c(C)cc(-c3ccc(F)cc3)nc12. The first-order valence-electron chi connectivity index (χ1n) is 9.52. The van der Waals surface area contributed by atoms with Crippen molar-refractivity contribution >= 4 is 11.6 Å². The Kier molecular flexibility index (Phi) is 5.18. The molecular formula is C23H21FN4O2. The molecule has 0 aliphatic heterocycles. The lowest BCUT2D eigenvalue weighted by molar-refractivity contribution is 0.0936. The predicted octanol–water partition coefficient (Wildman–Crippen LogP) is 4.34. The number of fused-ring (bicyclic) bond motifs is 1. The van der Waals surface area contributed by atoms with Gasteiger partial charge in [0.1, 0.15) is 17.9 Å². The molecule has 0 bridgehead atoms. The van der Waals surface area contributed by atoms with Crippen LogP contribution < -0.4 is 10.1 Å². The van der Waals surface area contributed by atoms with Crippen molar-refractivity contribution in [2.24, 2.45) is 0 Å². The lowest BCUT2D eigenvalue weighted by Gasteiger charge is -2.16. The van der Waals surface area contributed by atoms with Crippen LogP contribution in [0.25, 0.3) is 16.9 Å². The molecule has 1 amide bonds. The number of nitrogens with zero attached hydrogens (tertiary/aromatic N) is 3. The number of halogens is 1. The molecule has 1 N–H and O–H groups in total. The van der Waals surface area contributed by atoms with Gasteiger partial charge in [0.2, 0.25) is 0 Å². The lowest BCUT2D eigenvalue weighted by Crippen LogP contribution is -2.27. The Morgan fingerprint density at radius 3 is 2.63 bits per heavy atom. The fourth-order valence-corrected chi connectivity index (χ4v) is 3.42. The number of methoxy groups -OCH3 is 1. The third-order valence-electron chi connectivity index (χ3n) is 5.00. The van der Waals surface area contributed by atoms with E-state index in [1.54, 1.807) is 30.0 Å². The van der Waals surface area contributed by atoms with E-state index in [0.29, 0.717) is 17.1 Å². The number of ether oxygens (including phenoxy) is 1. The van der Waals surface area contributed by atoms with Gasteiger partial charge in [0.25, 0.3) is 5.91 Å². The van der Waals surface area contributed by atoms with Crippen molar-refractivity contribution in [3.63, 3.8) is 0 Å². The number of nitrogens with one attached hydrogen (secondary N) is 1. The van der Waals surface area contributed by atoms with Crippen LogP contribution in [0.3, 0.4) is 0 Å². The second-order valence-electron chi connectivity index (χ2n) is 7.01. The Bertz CT molecular complexity index is 1220. The molecule has 4 aromatic rings. The van der Waals surface area contributed by atoms with E-state index in [-0.39, 0.29) is 23.5 Å². The van der Waals surface area contributed by atoms with E-state index in [1.165, 1.54) is 12.1 Å². The topological polar surface area (TPSA) is 68.5 Å². The zero-order chi connectivity index (χ0) is 21.3. The van der Waals surface area contributed by atoms with Gasteiger partial charge in [-0.1, -0.05) is 18.2 Å². The van der Waals surface area contributed by atoms with Gasteiger partial charge in [-0.3, -0.25) is 9.20 Å². The van der Waals surface area contributed by atoms with Crippen molar-refractivity contribution in [1.29, 1.82) is 0 Å². The number of imidazole rings is 1. The number of benzene rings is 2. The molecule has 0 radical (unpaired) electrons. The third-order valence-corrected chi connectivity index (χ3v) is 5.00. The average Bonchev–Trinajstić information content (AvgIpc) is 3.19. The Balaban J connectivity index is 1.68. The first-order chi connectivity index (χ1) is 14.5. The number of para-hydroxylation sites is 1. The molecular weight excluding hydrogens is 383 g/mol. The van der Waals surface area contributed by atoms with Crippen LogP contribution in [0.15, 0.2) is 60.9 Å². The minimum absolute atomic E-state index is 0.226. The standard InChI is InChI=1S/C23H21FN4O2/c1-14-12-19(16-8-10-17(24)11-9-16)27-22-21(25-13-28(14)22)23(29)26-15(2)18-6-4-5-7-20(18)30-3/h4-13,15H,1-3H3,(H,26,29)/t15-/m0/s1. The minimum atomic E-state index is -0.334. The van der Waals surface area contributed by atoms with E-state index >= 15 is 0 Å². The maximum absolute atomic E-state index is 13.3. The molecule has 1 atom stereocenters. The average molecular weight is 404 g/mol. The fraction of sp³-hybridized carbons (Fsp3) is 0.174. The summed E-state index contributed by atoms with van der Waals surface area (Å²) in [6.45, 7) is 3.79. The number of aromatic nitrogens is 3. The number of hydrogen-bond acceptors (Lipinski definition) is 4. The maximum atomic E-state index is 13.3. The molecule has 152 valence electrons. The van der Waals surface area contributed by atoms with Crippen molar-refractivity contribution in [2.75, 3.05) is 7.11 Å². The summed E-state index contributed by atoms with van der Waals surface area (Å²) in [4.78, 5) is 21.9. The van der Waals surface area contributed by atoms with Crippen LogP contribution in [0.1, 0.15) is 34.7 Å². The summed E-state index contributed by atoms with van der Waals surface area (Å²) < 4.78 is 20.4. The Labute approximate surface area is 173 Å². The summed E-state index contributed by atoms with van der Waals surface area (Å²) in [5.41, 5.74) is 3.81. The Hall–Kier alpha value is -3.74. The molecule has 2 aromatic heterocycles. The van der Waals surface area contributed by atoms with Crippen LogP contribution >= 0.6 is 0 Å². The summed E-state index contributed by atoms with van der Waals surface area (Å²) in [6.07, 6.45) is 1.58. The molecule has 0 spiro atoms. The minimum Gasteiger partial charge on any atom is -0.496 e. The van der Waals surface area contributed by atoms with E-state index < -0.39 is 0 Å². The van der Waals surface area contributed by atoms with Crippen LogP contribution in [-0.4, -0.2) is 27.4 Å². The molecule has 2 heterocycles. The molecule has 4 rings (SSSR count). The Morgan fingerprint density at radius 2 is 1.90 bits per heavy atom. The zero-order valence-corrected chi connectivity index (χ0v) is 16.9. The fourth-order valence-electron chi connectivity index (χ4n) is 3.42. The van der Waals surface area contributed by atoms with Gasteiger partial charge in [0.05, 0.1) is 18.8 Å². The highest BCUT2D eigenvalue weighted by atomic mass is 19.1. The monoisotopic (exact) mass is 404 g/mol. The van der Waals surface area contributed by atoms with E-state index in [2.05, 4.69) is 15.3 Å². The highest BCUT2D eigenvalue weighted by molar-refractivity contribution is 5.98. The van der Waals surface area contributed by atoms with Crippen molar-refractivity contribution in [3.8, 4) is 17.0 Å². The molecule has 0 aliphatic rings. The summed E-state index contributed by atoms with van der Waals surface area (Å²) >= 11 is 0. The van der Waals surface area contributed by atoms with Gasteiger partial charge >= 0.3 is 0 Å². The summed E-state index contributed by atoms with van der Waals surface area (Å²) in [7, 11) is 1.60. The largest absolute Gasteiger partial charge is 0.496 e. The number of amides is 1. The van der Waals surface area contributed by atoms with Crippen LogP contribution in [0, 0.1) is 12.7 Å². The van der Waals surface area contributed by atoms with Crippen molar-refractivity contribution < 1.29 is 13.9 Å². The van der Waals surface area contributed by atoms with Gasteiger partial charge in [-0.15, -0.1) is 0 Å². The van der Waals surface area contributed by atoms with Gasteiger partial charge in [-0.2, -0.15) is 0 Å². The van der Waals surface area contributed by atoms with Crippen LogP contribution in [0.2, 0.25) is 0 Å². The van der Waals surface area contributed by atoms with Gasteiger partial charge in [0, 0.05) is 16.8 Å². The Morgan fingerprint density at radius 1 is 1.17 bits per heavy atom. The number of hydrogen-bond donors (Lipinski definition) is 1. The van der Waals surface area contributed by atoms with Crippen molar-refractivity contribution in [2.45, 2.75) is 19.9 Å². The number of aryl methyl sites for hydroxylation is 1. The molecule has 2 aromatic carbocycles. The quantitative estimate of drug-likeness (QED) is 0.537. The maximum Gasteiger partial charge on any atom is 0.274 e. The third kappa shape index (κ3) is 3.61. The van der Waals surface area contributed by atoms with E-state index in [4.69, 9.17) is 4.74 Å². The van der Waals surface area contributed by atoms with Crippen LogP contribution in [0.4, 0.5) is 4.39 Å². The van der Waals surface area contributed by atoms with Gasteiger partial charge in [0.15, 0.2) is 11.3 Å². The van der Waals surface area contributed by atoms with Crippen molar-refractivity contribution in [1.82, 2.24) is 19.7 Å². The molecule has 0 aliphatic carbocycles. The zero-order valence-electron chi connectivity index (χ0n) is 16.9. The molecule has 30 heavy (non-hydrogen) atoms. The molecule has 0 saturated heterocycles. The second kappa shape index (κ2) is 7.94. The highest BCUT2D eigenvalue weighted by Crippen LogP contribution is 2.25. The number of rotatable bonds is 5. The van der Waals surface area contributed by atoms with E-state index in [9.17, 15) is 9.18 Å². The van der Waals surface area contributed by atoms with E-state index in [0.717, 1.165) is 16.8 Å². The number of carbonyl (C=O) groups is 1.